The number of nitrogens with one attached hydrogen (secondary N) is 1. The predicted octanol–water partition coefficient (Wildman–Crippen LogP) is -0.109. The molecule has 2 N–H and O–H groups in total. The second-order valence-electron chi connectivity index (χ2n) is 6.42. The number of hydrogen-bond acceptors (Lipinski definition) is 6. The van der Waals surface area contributed by atoms with Gasteiger partial charge in [-0.25, -0.2) is 4.79 Å². The van der Waals surface area contributed by atoms with Gasteiger partial charge in [-0.1, -0.05) is 0 Å². The van der Waals surface area contributed by atoms with Crippen molar-refractivity contribution in [2.24, 2.45) is 0 Å². The van der Waals surface area contributed by atoms with E-state index in [-0.39, 0.29) is 44.0 Å². The van der Waals surface area contributed by atoms with Crippen LogP contribution in [0.15, 0.2) is 12.1 Å². The first kappa shape index (κ1) is 19.0. The van der Waals surface area contributed by atoms with E-state index >= 15 is 0 Å². The van der Waals surface area contributed by atoms with Crippen molar-refractivity contribution in [3.63, 3.8) is 0 Å². The van der Waals surface area contributed by atoms with Crippen molar-refractivity contribution in [2.45, 2.75) is 25.4 Å². The molecule has 146 valence electrons. The Morgan fingerprint density at radius 2 is 1.89 bits per heavy atom. The summed E-state index contributed by atoms with van der Waals surface area (Å²) in [7, 11) is 3.09. The monoisotopic (exact) mass is 377 g/mol. The fraction of sp³-hybridized carbons (Fsp3) is 0.500. The third-order valence-corrected chi connectivity index (χ3v) is 4.86. The van der Waals surface area contributed by atoms with Gasteiger partial charge in [-0.15, -0.1) is 0 Å². The molecule has 0 bridgehead atoms. The van der Waals surface area contributed by atoms with Crippen molar-refractivity contribution >= 4 is 17.8 Å². The van der Waals surface area contributed by atoms with Gasteiger partial charge < -0.3 is 24.8 Å². The molecule has 1 saturated heterocycles. The molecule has 2 aliphatic heterocycles. The van der Waals surface area contributed by atoms with E-state index in [1.807, 2.05) is 12.1 Å². The Morgan fingerprint density at radius 3 is 2.52 bits per heavy atom. The number of urea groups is 1. The van der Waals surface area contributed by atoms with Crippen molar-refractivity contribution < 1.29 is 29.0 Å². The number of ether oxygens (including phenoxy) is 2. The quantitative estimate of drug-likeness (QED) is 0.642. The lowest BCUT2D eigenvalue weighted by atomic mass is 9.94. The second kappa shape index (κ2) is 7.83. The third kappa shape index (κ3) is 3.55. The third-order valence-electron chi connectivity index (χ3n) is 4.86. The van der Waals surface area contributed by atoms with Crippen molar-refractivity contribution in [2.75, 3.05) is 33.9 Å². The summed E-state index contributed by atoms with van der Waals surface area (Å²) < 4.78 is 10.6. The molecule has 1 fully saturated rings. The minimum absolute atomic E-state index is 0.00658. The number of benzene rings is 1. The average Bonchev–Trinajstić information content (AvgIpc) is 2.91. The molecule has 0 radical (unpaired) electrons. The number of hydrogen-bond donors (Lipinski definition) is 2. The zero-order valence-corrected chi connectivity index (χ0v) is 15.4. The van der Waals surface area contributed by atoms with Crippen LogP contribution >= 0.6 is 0 Å². The fourth-order valence-electron chi connectivity index (χ4n) is 3.47. The van der Waals surface area contributed by atoms with E-state index < -0.39 is 6.04 Å². The summed E-state index contributed by atoms with van der Waals surface area (Å²) in [6, 6.07) is 2.71. The standard InChI is InChI=1S/C18H23N3O6/c1-26-14-8-11-7-13-17(24)20(5-3-16(23)19-4-6-22)18(25)21(13)10-12(11)9-15(14)27-2/h8-9,13,22H,3-7,10H2,1-2H3,(H,19,23)/t13-/m1/s1. The summed E-state index contributed by atoms with van der Waals surface area (Å²) in [5.74, 6) is 0.548. The largest absolute Gasteiger partial charge is 0.493 e. The Morgan fingerprint density at radius 1 is 1.22 bits per heavy atom. The Balaban J connectivity index is 1.74. The zero-order chi connectivity index (χ0) is 19.6. The maximum absolute atomic E-state index is 12.7. The first-order chi connectivity index (χ1) is 13.0. The van der Waals surface area contributed by atoms with Gasteiger partial charge in [-0.05, 0) is 23.3 Å². The zero-order valence-electron chi connectivity index (χ0n) is 15.4. The summed E-state index contributed by atoms with van der Waals surface area (Å²) >= 11 is 0. The highest BCUT2D eigenvalue weighted by Crippen LogP contribution is 2.37. The summed E-state index contributed by atoms with van der Waals surface area (Å²) in [4.78, 5) is 39.7. The van der Waals surface area contributed by atoms with Crippen LogP contribution in [0.5, 0.6) is 11.5 Å². The van der Waals surface area contributed by atoms with Gasteiger partial charge in [0.25, 0.3) is 5.91 Å². The highest BCUT2D eigenvalue weighted by atomic mass is 16.5. The molecule has 3 rings (SSSR count). The van der Waals surface area contributed by atoms with Gasteiger partial charge in [0, 0.05) is 32.5 Å². The summed E-state index contributed by atoms with van der Waals surface area (Å²) in [6.07, 6.45) is 0.403. The lowest BCUT2D eigenvalue weighted by molar-refractivity contribution is -0.129. The van der Waals surface area contributed by atoms with Crippen LogP contribution in [0.1, 0.15) is 17.5 Å². The molecule has 1 aromatic rings. The van der Waals surface area contributed by atoms with E-state index in [9.17, 15) is 14.4 Å². The number of methoxy groups -OCH3 is 2. The van der Waals surface area contributed by atoms with E-state index in [1.165, 1.54) is 4.90 Å². The number of aliphatic hydroxyl groups is 1. The van der Waals surface area contributed by atoms with E-state index in [1.54, 1.807) is 14.2 Å². The molecule has 1 atom stereocenters. The van der Waals surface area contributed by atoms with Crippen LogP contribution in [0.25, 0.3) is 0 Å². The van der Waals surface area contributed by atoms with Crippen LogP contribution in [0, 0.1) is 0 Å². The number of fused-ring (bicyclic) bond motifs is 2. The van der Waals surface area contributed by atoms with Gasteiger partial charge >= 0.3 is 6.03 Å². The Labute approximate surface area is 156 Å². The molecule has 0 aromatic heterocycles. The summed E-state index contributed by atoms with van der Waals surface area (Å²) in [6.45, 7) is 0.311. The number of imide groups is 1. The SMILES string of the molecule is COc1cc2c(cc1OC)CN1C(=O)N(CCC(=O)NCCO)C(=O)[C@H]1C2. The molecule has 27 heavy (non-hydrogen) atoms. The minimum atomic E-state index is -0.566. The van der Waals surface area contributed by atoms with Gasteiger partial charge in [0.2, 0.25) is 5.91 Å². The second-order valence-corrected chi connectivity index (χ2v) is 6.42. The van der Waals surface area contributed by atoms with Crippen LogP contribution in [-0.2, 0) is 22.6 Å². The molecule has 0 spiro atoms. The normalized spacial score (nSPS) is 18.3. The molecule has 0 saturated carbocycles. The molecule has 4 amide bonds. The van der Waals surface area contributed by atoms with Crippen molar-refractivity contribution in [3.05, 3.63) is 23.3 Å². The molecule has 0 unspecified atom stereocenters. The van der Waals surface area contributed by atoms with E-state index in [4.69, 9.17) is 14.6 Å². The summed E-state index contributed by atoms with van der Waals surface area (Å²) in [5.41, 5.74) is 1.85. The number of nitrogens with zero attached hydrogens (tertiary/aromatic N) is 2. The van der Waals surface area contributed by atoms with Crippen LogP contribution in [0.3, 0.4) is 0 Å². The summed E-state index contributed by atoms with van der Waals surface area (Å²) in [5, 5.41) is 11.2. The van der Waals surface area contributed by atoms with Crippen LogP contribution in [-0.4, -0.2) is 72.7 Å². The fourth-order valence-corrected chi connectivity index (χ4v) is 3.47. The topological polar surface area (TPSA) is 108 Å². The maximum Gasteiger partial charge on any atom is 0.327 e. The molecule has 2 aliphatic rings. The van der Waals surface area contributed by atoms with Crippen LogP contribution in [0.2, 0.25) is 0 Å². The van der Waals surface area contributed by atoms with Crippen LogP contribution < -0.4 is 14.8 Å². The lowest BCUT2D eigenvalue weighted by Gasteiger charge is -2.29. The Bertz CT molecular complexity index is 715. The smallest absolute Gasteiger partial charge is 0.327 e. The van der Waals surface area contributed by atoms with E-state index in [0.717, 1.165) is 16.0 Å². The Hall–Kier alpha value is -2.81. The molecular weight excluding hydrogens is 354 g/mol. The lowest BCUT2D eigenvalue weighted by Crippen LogP contribution is -2.40. The minimum Gasteiger partial charge on any atom is -0.493 e. The number of rotatable bonds is 7. The van der Waals surface area contributed by atoms with Crippen molar-refractivity contribution in [1.29, 1.82) is 0 Å². The van der Waals surface area contributed by atoms with E-state index in [0.29, 0.717) is 24.5 Å². The molecule has 0 aliphatic carbocycles. The van der Waals surface area contributed by atoms with Gasteiger partial charge in [-0.2, -0.15) is 0 Å². The number of aliphatic hydroxyl groups excluding tert-OH is 1. The first-order valence-electron chi connectivity index (χ1n) is 8.73. The predicted molar refractivity (Wildman–Crippen MR) is 94.4 cm³/mol. The number of carbonyl (C=O) groups excluding carboxylic acids is 3. The molecule has 1 aromatic carbocycles. The van der Waals surface area contributed by atoms with Crippen LogP contribution in [0.4, 0.5) is 4.79 Å². The highest BCUT2D eigenvalue weighted by Gasteiger charge is 2.47. The Kier molecular flexibility index (Phi) is 5.50. The molecule has 9 nitrogen and oxygen atoms in total. The van der Waals surface area contributed by atoms with Crippen molar-refractivity contribution in [3.8, 4) is 11.5 Å². The first-order valence-corrected chi connectivity index (χ1v) is 8.73. The number of amides is 4. The maximum atomic E-state index is 12.7. The molecule has 2 heterocycles. The highest BCUT2D eigenvalue weighted by molar-refractivity contribution is 6.04. The molecular formula is C18H23N3O6. The van der Waals surface area contributed by atoms with E-state index in [2.05, 4.69) is 5.32 Å². The van der Waals surface area contributed by atoms with Crippen molar-refractivity contribution in [1.82, 2.24) is 15.1 Å². The van der Waals surface area contributed by atoms with Gasteiger partial charge in [0.15, 0.2) is 11.5 Å². The average molecular weight is 377 g/mol. The van der Waals surface area contributed by atoms with Gasteiger partial charge in [-0.3, -0.25) is 14.5 Å². The van der Waals surface area contributed by atoms with Gasteiger partial charge in [0.1, 0.15) is 6.04 Å². The number of carbonyl (C=O) groups is 3. The van der Waals surface area contributed by atoms with Gasteiger partial charge in [0.05, 0.1) is 20.8 Å². The molecule has 9 heteroatoms.